The molecule has 1 atom stereocenters. The molecule has 2 heterocycles. The normalized spacial score (nSPS) is 13.1. The number of aromatic nitrogens is 4. The van der Waals surface area contributed by atoms with Gasteiger partial charge in [-0.25, -0.2) is 4.98 Å². The fourth-order valence-corrected chi connectivity index (χ4v) is 4.71. The Morgan fingerprint density at radius 1 is 1.14 bits per heavy atom. The lowest BCUT2D eigenvalue weighted by atomic mass is 10.2. The van der Waals surface area contributed by atoms with Gasteiger partial charge < -0.3 is 9.67 Å². The predicted molar refractivity (Wildman–Crippen MR) is 117 cm³/mol. The van der Waals surface area contributed by atoms with Crippen LogP contribution in [0.1, 0.15) is 11.9 Å². The third-order valence-electron chi connectivity index (χ3n) is 4.41. The molecule has 29 heavy (non-hydrogen) atoms. The number of thioether (sulfide) groups is 1. The average molecular weight is 420 g/mol. The van der Waals surface area contributed by atoms with Crippen LogP contribution in [-0.4, -0.2) is 30.1 Å². The van der Waals surface area contributed by atoms with E-state index in [0.717, 1.165) is 21.6 Å². The highest BCUT2D eigenvalue weighted by atomic mass is 32.2. The monoisotopic (exact) mass is 419 g/mol. The zero-order valence-electron chi connectivity index (χ0n) is 15.8. The third kappa shape index (κ3) is 3.75. The van der Waals surface area contributed by atoms with Gasteiger partial charge in [-0.1, -0.05) is 54.2 Å². The minimum atomic E-state index is -0.386. The van der Waals surface area contributed by atoms with Gasteiger partial charge in [0.05, 0.1) is 15.5 Å². The molecule has 0 saturated heterocycles. The second-order valence-electron chi connectivity index (χ2n) is 6.35. The van der Waals surface area contributed by atoms with Crippen molar-refractivity contribution < 1.29 is 5.11 Å². The van der Waals surface area contributed by atoms with Crippen molar-refractivity contribution in [1.82, 2.24) is 19.7 Å². The van der Waals surface area contributed by atoms with Crippen LogP contribution in [0.3, 0.4) is 0 Å². The number of aliphatic hydroxyl groups is 1. The zero-order chi connectivity index (χ0) is 20.4. The van der Waals surface area contributed by atoms with Crippen LogP contribution in [-0.2, 0) is 7.05 Å². The highest BCUT2D eigenvalue weighted by molar-refractivity contribution is 7.99. The largest absolute Gasteiger partial charge is 0.510 e. The van der Waals surface area contributed by atoms with Crippen LogP contribution in [0.25, 0.3) is 27.2 Å². The SMILES string of the molecule is CC(Sc1nnc(-c2ccccc2)n1C)/C(O)=C(\C#N)c1nc2ccccc2s1. The quantitative estimate of drug-likeness (QED) is 0.276. The first-order valence-electron chi connectivity index (χ1n) is 8.89. The minimum Gasteiger partial charge on any atom is -0.510 e. The van der Waals surface area contributed by atoms with Gasteiger partial charge in [-0.2, -0.15) is 5.26 Å². The number of rotatable bonds is 5. The molecule has 144 valence electrons. The fourth-order valence-electron chi connectivity index (χ4n) is 2.87. The van der Waals surface area contributed by atoms with Crippen molar-refractivity contribution in [3.05, 3.63) is 65.4 Å². The first-order chi connectivity index (χ1) is 14.1. The van der Waals surface area contributed by atoms with Gasteiger partial charge in [0.2, 0.25) is 0 Å². The second kappa shape index (κ2) is 8.07. The van der Waals surface area contributed by atoms with E-state index in [1.54, 1.807) is 0 Å². The molecule has 4 aromatic rings. The number of benzene rings is 2. The highest BCUT2D eigenvalue weighted by Gasteiger charge is 2.22. The number of allylic oxidation sites excluding steroid dienone is 1. The molecule has 1 N–H and O–H groups in total. The van der Waals surface area contributed by atoms with Crippen molar-refractivity contribution in [3.63, 3.8) is 0 Å². The standard InChI is InChI=1S/C21H17N5OS2/c1-13(28-21-25-24-19(26(21)2)14-8-4-3-5-9-14)18(27)15(12-22)20-23-16-10-6-7-11-17(16)29-20/h3-11,13,27H,1-2H3/b18-15-. The molecule has 0 aliphatic carbocycles. The Morgan fingerprint density at radius 2 is 1.86 bits per heavy atom. The van der Waals surface area contributed by atoms with E-state index in [-0.39, 0.29) is 16.6 Å². The summed E-state index contributed by atoms with van der Waals surface area (Å²) in [5, 5.41) is 29.7. The summed E-state index contributed by atoms with van der Waals surface area (Å²) in [6.07, 6.45) is 0. The van der Waals surface area contributed by atoms with Crippen LogP contribution >= 0.6 is 23.1 Å². The van der Waals surface area contributed by atoms with E-state index in [0.29, 0.717) is 10.2 Å². The molecular formula is C21H17N5OS2. The molecule has 0 radical (unpaired) electrons. The van der Waals surface area contributed by atoms with Gasteiger partial charge in [0.1, 0.15) is 22.4 Å². The molecule has 0 saturated carbocycles. The van der Waals surface area contributed by atoms with Crippen molar-refractivity contribution >= 4 is 38.9 Å². The molecule has 0 aliphatic heterocycles. The second-order valence-corrected chi connectivity index (χ2v) is 8.69. The van der Waals surface area contributed by atoms with Gasteiger partial charge in [0.25, 0.3) is 0 Å². The van der Waals surface area contributed by atoms with Crippen molar-refractivity contribution in [2.75, 3.05) is 0 Å². The first-order valence-corrected chi connectivity index (χ1v) is 10.6. The van der Waals surface area contributed by atoms with E-state index < -0.39 is 0 Å². The predicted octanol–water partition coefficient (Wildman–Crippen LogP) is 5.07. The summed E-state index contributed by atoms with van der Waals surface area (Å²) in [7, 11) is 1.89. The lowest BCUT2D eigenvalue weighted by Gasteiger charge is -2.11. The Hall–Kier alpha value is -3.15. The van der Waals surface area contributed by atoms with E-state index in [1.807, 2.05) is 73.1 Å². The first kappa shape index (κ1) is 19.2. The molecule has 0 fully saturated rings. The average Bonchev–Trinajstić information content (AvgIpc) is 3.33. The third-order valence-corrected chi connectivity index (χ3v) is 6.61. The minimum absolute atomic E-state index is 0.0131. The van der Waals surface area contributed by atoms with Crippen LogP contribution < -0.4 is 0 Å². The van der Waals surface area contributed by atoms with Gasteiger partial charge in [0.15, 0.2) is 11.0 Å². The maximum Gasteiger partial charge on any atom is 0.191 e. The molecule has 0 bridgehead atoms. The molecule has 8 heteroatoms. The molecule has 6 nitrogen and oxygen atoms in total. The molecule has 2 aromatic heterocycles. The Balaban J connectivity index is 1.62. The fraction of sp³-hybridized carbons (Fsp3) is 0.143. The number of nitriles is 1. The molecule has 4 rings (SSSR count). The van der Waals surface area contributed by atoms with Gasteiger partial charge in [0, 0.05) is 12.6 Å². The summed E-state index contributed by atoms with van der Waals surface area (Å²) < 4.78 is 2.86. The van der Waals surface area contributed by atoms with Crippen molar-refractivity contribution in [3.8, 4) is 17.5 Å². The summed E-state index contributed by atoms with van der Waals surface area (Å²) in [6.45, 7) is 1.83. The molecule has 2 aromatic carbocycles. The Morgan fingerprint density at radius 3 is 2.59 bits per heavy atom. The lowest BCUT2D eigenvalue weighted by Crippen LogP contribution is -2.06. The van der Waals surface area contributed by atoms with Gasteiger partial charge >= 0.3 is 0 Å². The molecule has 0 aliphatic rings. The smallest absolute Gasteiger partial charge is 0.191 e. The van der Waals surface area contributed by atoms with Crippen LogP contribution in [0.4, 0.5) is 0 Å². The van der Waals surface area contributed by atoms with Gasteiger partial charge in [-0.3, -0.25) is 0 Å². The van der Waals surface area contributed by atoms with Crippen LogP contribution in [0.2, 0.25) is 0 Å². The maximum absolute atomic E-state index is 10.8. The van der Waals surface area contributed by atoms with Crippen molar-refractivity contribution in [2.24, 2.45) is 7.05 Å². The topological polar surface area (TPSA) is 87.6 Å². The lowest BCUT2D eigenvalue weighted by molar-refractivity contribution is 0.402. The Bertz CT molecular complexity index is 1200. The van der Waals surface area contributed by atoms with Crippen LogP contribution in [0.5, 0.6) is 0 Å². The number of hydrogen-bond acceptors (Lipinski definition) is 7. The van der Waals surface area contributed by atoms with Crippen molar-refractivity contribution in [2.45, 2.75) is 17.3 Å². The summed E-state index contributed by atoms with van der Waals surface area (Å²) in [5.41, 5.74) is 1.97. The van der Waals surface area contributed by atoms with Crippen molar-refractivity contribution in [1.29, 1.82) is 5.26 Å². The van der Waals surface area contributed by atoms with Crippen LogP contribution in [0, 0.1) is 11.3 Å². The number of thiazole rings is 1. The summed E-state index contributed by atoms with van der Waals surface area (Å²) in [5.74, 6) is 0.733. The number of nitrogens with zero attached hydrogens (tertiary/aromatic N) is 5. The molecule has 0 amide bonds. The molecular weight excluding hydrogens is 402 g/mol. The number of para-hydroxylation sites is 1. The summed E-state index contributed by atoms with van der Waals surface area (Å²) in [6, 6.07) is 19.6. The number of hydrogen-bond donors (Lipinski definition) is 1. The van der Waals surface area contributed by atoms with E-state index in [4.69, 9.17) is 0 Å². The van der Waals surface area contributed by atoms with Gasteiger partial charge in [-0.05, 0) is 19.1 Å². The zero-order valence-corrected chi connectivity index (χ0v) is 17.4. The number of aliphatic hydroxyl groups excluding tert-OH is 1. The summed E-state index contributed by atoms with van der Waals surface area (Å²) in [4.78, 5) is 4.49. The maximum atomic E-state index is 10.8. The van der Waals surface area contributed by atoms with E-state index >= 15 is 0 Å². The summed E-state index contributed by atoms with van der Waals surface area (Å²) >= 11 is 2.74. The Kier molecular flexibility index (Phi) is 5.34. The highest BCUT2D eigenvalue weighted by Crippen LogP contribution is 2.33. The van der Waals surface area contributed by atoms with Crippen LogP contribution in [0.15, 0.2) is 65.5 Å². The molecule has 1 unspecified atom stereocenters. The van der Waals surface area contributed by atoms with E-state index in [2.05, 4.69) is 21.3 Å². The molecule has 0 spiro atoms. The van der Waals surface area contributed by atoms with Gasteiger partial charge in [-0.15, -0.1) is 21.5 Å². The number of fused-ring (bicyclic) bond motifs is 1. The Labute approximate surface area is 176 Å². The van der Waals surface area contributed by atoms with E-state index in [9.17, 15) is 10.4 Å². The van der Waals surface area contributed by atoms with E-state index in [1.165, 1.54) is 23.1 Å².